The van der Waals surface area contributed by atoms with Crippen molar-refractivity contribution in [2.75, 3.05) is 13.7 Å². The van der Waals surface area contributed by atoms with Gasteiger partial charge in [-0.1, -0.05) is 15.9 Å². The fraction of sp³-hybridized carbons (Fsp3) is 0.400. The van der Waals surface area contributed by atoms with Crippen LogP contribution in [0.15, 0.2) is 22.8 Å². The summed E-state index contributed by atoms with van der Waals surface area (Å²) in [5, 5.41) is 2.78. The summed E-state index contributed by atoms with van der Waals surface area (Å²) in [6, 6.07) is 3.42. The molecule has 1 rings (SSSR count). The number of ether oxygens (including phenoxy) is 1. The summed E-state index contributed by atoms with van der Waals surface area (Å²) in [6.45, 7) is 2.36. The number of pyridine rings is 1. The van der Waals surface area contributed by atoms with Crippen LogP contribution in [-0.4, -0.2) is 30.6 Å². The first-order valence-corrected chi connectivity index (χ1v) is 5.34. The lowest BCUT2D eigenvalue weighted by Crippen LogP contribution is -2.36. The van der Waals surface area contributed by atoms with Gasteiger partial charge in [-0.2, -0.15) is 0 Å². The van der Waals surface area contributed by atoms with Gasteiger partial charge < -0.3 is 10.1 Å². The SMILES string of the molecule is COCC(C)NC(=O)c1cc(Br)ccn1. The van der Waals surface area contributed by atoms with Crippen LogP contribution in [0.1, 0.15) is 17.4 Å². The molecule has 15 heavy (non-hydrogen) atoms. The summed E-state index contributed by atoms with van der Waals surface area (Å²) in [5.41, 5.74) is 0.396. The molecule has 0 radical (unpaired) electrons. The number of nitrogens with one attached hydrogen (secondary N) is 1. The van der Waals surface area contributed by atoms with Crippen LogP contribution < -0.4 is 5.32 Å². The van der Waals surface area contributed by atoms with Gasteiger partial charge in [0.15, 0.2) is 0 Å². The van der Waals surface area contributed by atoms with E-state index in [0.29, 0.717) is 12.3 Å². The highest BCUT2D eigenvalue weighted by molar-refractivity contribution is 9.10. The molecule has 0 saturated heterocycles. The Bertz CT molecular complexity index is 344. The van der Waals surface area contributed by atoms with Crippen LogP contribution in [0.3, 0.4) is 0 Å². The number of amides is 1. The second kappa shape index (κ2) is 5.82. The molecule has 0 bridgehead atoms. The third-order valence-corrected chi connectivity index (χ3v) is 2.24. The topological polar surface area (TPSA) is 51.2 Å². The normalized spacial score (nSPS) is 12.2. The van der Waals surface area contributed by atoms with E-state index in [9.17, 15) is 4.79 Å². The molecule has 82 valence electrons. The number of methoxy groups -OCH3 is 1. The molecule has 0 aromatic carbocycles. The maximum Gasteiger partial charge on any atom is 0.270 e. The highest BCUT2D eigenvalue weighted by Gasteiger charge is 2.10. The second-order valence-corrected chi connectivity index (χ2v) is 4.10. The number of nitrogens with zero attached hydrogens (tertiary/aromatic N) is 1. The van der Waals surface area contributed by atoms with Crippen molar-refractivity contribution in [1.29, 1.82) is 0 Å². The molecule has 4 nitrogen and oxygen atoms in total. The van der Waals surface area contributed by atoms with E-state index in [1.807, 2.05) is 6.92 Å². The zero-order valence-electron chi connectivity index (χ0n) is 8.66. The van der Waals surface area contributed by atoms with Crippen molar-refractivity contribution >= 4 is 21.8 Å². The Hall–Kier alpha value is -0.940. The molecule has 0 saturated carbocycles. The van der Waals surface area contributed by atoms with Crippen LogP contribution in [0.2, 0.25) is 0 Å². The van der Waals surface area contributed by atoms with Crippen molar-refractivity contribution < 1.29 is 9.53 Å². The Morgan fingerprint density at radius 3 is 3.07 bits per heavy atom. The number of rotatable bonds is 4. The van der Waals surface area contributed by atoms with Crippen molar-refractivity contribution in [3.05, 3.63) is 28.5 Å². The standard InChI is InChI=1S/C10H13BrN2O2/c1-7(6-15-2)13-10(14)9-5-8(11)3-4-12-9/h3-5,7H,6H2,1-2H3,(H,13,14). The van der Waals surface area contributed by atoms with Gasteiger partial charge in [-0.25, -0.2) is 0 Å². The third kappa shape index (κ3) is 3.97. The van der Waals surface area contributed by atoms with Crippen LogP contribution in [0.25, 0.3) is 0 Å². The van der Waals surface area contributed by atoms with Gasteiger partial charge in [0, 0.05) is 23.8 Å². The number of aromatic nitrogens is 1. The molecule has 1 aromatic rings. The monoisotopic (exact) mass is 272 g/mol. The predicted molar refractivity (Wildman–Crippen MR) is 60.7 cm³/mol. The smallest absolute Gasteiger partial charge is 0.270 e. The minimum Gasteiger partial charge on any atom is -0.383 e. The maximum atomic E-state index is 11.6. The zero-order valence-corrected chi connectivity index (χ0v) is 10.2. The fourth-order valence-corrected chi connectivity index (χ4v) is 1.45. The number of halogens is 1. The molecular weight excluding hydrogens is 260 g/mol. The molecule has 1 heterocycles. The van der Waals surface area contributed by atoms with E-state index in [4.69, 9.17) is 4.74 Å². The maximum absolute atomic E-state index is 11.6. The minimum absolute atomic E-state index is 0.0247. The average molecular weight is 273 g/mol. The van der Waals surface area contributed by atoms with Crippen molar-refractivity contribution in [2.24, 2.45) is 0 Å². The molecule has 5 heteroatoms. The van der Waals surface area contributed by atoms with Gasteiger partial charge in [0.25, 0.3) is 5.91 Å². The first kappa shape index (κ1) is 12.1. The molecule has 1 N–H and O–H groups in total. The molecule has 0 aliphatic heterocycles. The first-order valence-electron chi connectivity index (χ1n) is 4.55. The van der Waals surface area contributed by atoms with Crippen LogP contribution in [0.4, 0.5) is 0 Å². The summed E-state index contributed by atoms with van der Waals surface area (Å²) in [6.07, 6.45) is 1.58. The first-order chi connectivity index (χ1) is 7.13. The highest BCUT2D eigenvalue weighted by atomic mass is 79.9. The number of carbonyl (C=O) groups excluding carboxylic acids is 1. The molecule has 1 aromatic heterocycles. The summed E-state index contributed by atoms with van der Waals surface area (Å²) >= 11 is 3.28. The quantitative estimate of drug-likeness (QED) is 0.906. The zero-order chi connectivity index (χ0) is 11.3. The molecule has 0 aliphatic rings. The Morgan fingerprint density at radius 1 is 1.73 bits per heavy atom. The second-order valence-electron chi connectivity index (χ2n) is 3.19. The van der Waals surface area contributed by atoms with Crippen molar-refractivity contribution in [1.82, 2.24) is 10.3 Å². The van der Waals surface area contributed by atoms with Gasteiger partial charge in [0.1, 0.15) is 5.69 Å². The van der Waals surface area contributed by atoms with E-state index < -0.39 is 0 Å². The van der Waals surface area contributed by atoms with Crippen molar-refractivity contribution in [2.45, 2.75) is 13.0 Å². The summed E-state index contributed by atoms with van der Waals surface area (Å²) in [5.74, 6) is -0.194. The van der Waals surface area contributed by atoms with Crippen LogP contribution >= 0.6 is 15.9 Å². The van der Waals surface area contributed by atoms with Crippen LogP contribution in [0.5, 0.6) is 0 Å². The van der Waals surface area contributed by atoms with E-state index in [1.165, 1.54) is 0 Å². The van der Waals surface area contributed by atoms with Gasteiger partial charge >= 0.3 is 0 Å². The Morgan fingerprint density at radius 2 is 2.47 bits per heavy atom. The largest absolute Gasteiger partial charge is 0.383 e. The molecule has 0 fully saturated rings. The Kier molecular flexibility index (Phi) is 4.71. The van der Waals surface area contributed by atoms with Crippen molar-refractivity contribution in [3.8, 4) is 0 Å². The van der Waals surface area contributed by atoms with E-state index in [-0.39, 0.29) is 11.9 Å². The van der Waals surface area contributed by atoms with E-state index in [1.54, 1.807) is 25.4 Å². The van der Waals surface area contributed by atoms with E-state index in [2.05, 4.69) is 26.2 Å². The van der Waals surface area contributed by atoms with E-state index in [0.717, 1.165) is 4.47 Å². The lowest BCUT2D eigenvalue weighted by molar-refractivity contribution is 0.0900. The van der Waals surface area contributed by atoms with Gasteiger partial charge in [0.2, 0.25) is 0 Å². The van der Waals surface area contributed by atoms with Crippen LogP contribution in [-0.2, 0) is 4.74 Å². The third-order valence-electron chi connectivity index (χ3n) is 1.75. The fourth-order valence-electron chi connectivity index (χ4n) is 1.12. The minimum atomic E-state index is -0.194. The lowest BCUT2D eigenvalue weighted by Gasteiger charge is -2.12. The molecular formula is C10H13BrN2O2. The number of carbonyl (C=O) groups is 1. The summed E-state index contributed by atoms with van der Waals surface area (Å²) < 4.78 is 5.75. The average Bonchev–Trinajstić information content (AvgIpc) is 2.18. The Balaban J connectivity index is 2.61. The van der Waals surface area contributed by atoms with Gasteiger partial charge in [-0.05, 0) is 19.1 Å². The van der Waals surface area contributed by atoms with Gasteiger partial charge in [-0.3, -0.25) is 9.78 Å². The molecule has 1 unspecified atom stereocenters. The molecule has 1 amide bonds. The molecule has 1 atom stereocenters. The molecule has 0 spiro atoms. The molecule has 0 aliphatic carbocycles. The van der Waals surface area contributed by atoms with E-state index >= 15 is 0 Å². The summed E-state index contributed by atoms with van der Waals surface area (Å²) in [4.78, 5) is 15.6. The number of hydrogen-bond acceptors (Lipinski definition) is 3. The Labute approximate surface area is 97.2 Å². The van der Waals surface area contributed by atoms with Gasteiger partial charge in [0.05, 0.1) is 6.61 Å². The highest BCUT2D eigenvalue weighted by Crippen LogP contribution is 2.09. The lowest BCUT2D eigenvalue weighted by atomic mass is 10.3. The van der Waals surface area contributed by atoms with Gasteiger partial charge in [-0.15, -0.1) is 0 Å². The van der Waals surface area contributed by atoms with Crippen LogP contribution in [0, 0.1) is 0 Å². The number of hydrogen-bond donors (Lipinski definition) is 1. The van der Waals surface area contributed by atoms with Crippen molar-refractivity contribution in [3.63, 3.8) is 0 Å². The predicted octanol–water partition coefficient (Wildman–Crippen LogP) is 1.61. The summed E-state index contributed by atoms with van der Waals surface area (Å²) in [7, 11) is 1.60.